The van der Waals surface area contributed by atoms with Crippen LogP contribution in [-0.2, 0) is 0 Å². The van der Waals surface area contributed by atoms with Gasteiger partial charge in [-0.2, -0.15) is 0 Å². The number of carbonyl (C=O) groups is 1. The van der Waals surface area contributed by atoms with E-state index < -0.39 is 0 Å². The molecular weight excluding hydrogens is 248 g/mol. The maximum atomic E-state index is 12.2. The molecule has 18 heavy (non-hydrogen) atoms. The number of pyridine rings is 1. The number of halogens is 1. The van der Waals surface area contributed by atoms with Crippen LogP contribution in [0.5, 0.6) is 0 Å². The van der Waals surface area contributed by atoms with Crippen LogP contribution in [0, 0.1) is 12.8 Å². The molecular formula is C14H19ClN2O. The summed E-state index contributed by atoms with van der Waals surface area (Å²) in [5, 5.41) is 3.49. The molecule has 4 heteroatoms. The third kappa shape index (κ3) is 3.22. The minimum Gasteiger partial charge on any atom is -0.349 e. The number of aromatic nitrogens is 1. The fourth-order valence-electron chi connectivity index (χ4n) is 2.54. The minimum atomic E-state index is -0.0406. The van der Waals surface area contributed by atoms with Crippen molar-refractivity contribution in [1.82, 2.24) is 10.3 Å². The Hall–Kier alpha value is -1.09. The second-order valence-corrected chi connectivity index (χ2v) is 5.55. The van der Waals surface area contributed by atoms with Crippen molar-refractivity contribution >= 4 is 17.5 Å². The molecule has 0 spiro atoms. The first-order valence-electron chi connectivity index (χ1n) is 6.51. The number of carbonyl (C=O) groups excluding carboxylic acids is 1. The van der Waals surface area contributed by atoms with Crippen LogP contribution in [0.25, 0.3) is 0 Å². The largest absolute Gasteiger partial charge is 0.349 e. The van der Waals surface area contributed by atoms with E-state index in [1.807, 2.05) is 6.92 Å². The number of hydrogen-bond acceptors (Lipinski definition) is 2. The third-order valence-corrected chi connectivity index (χ3v) is 3.81. The van der Waals surface area contributed by atoms with Crippen molar-refractivity contribution in [1.29, 1.82) is 0 Å². The molecule has 2 rings (SSSR count). The Morgan fingerprint density at radius 2 is 2.11 bits per heavy atom. The minimum absolute atomic E-state index is 0.0406. The number of nitrogens with one attached hydrogen (secondary N) is 1. The fraction of sp³-hybridized carbons (Fsp3) is 0.571. The Labute approximate surface area is 113 Å². The monoisotopic (exact) mass is 266 g/mol. The lowest BCUT2D eigenvalue weighted by atomic mass is 9.86. The summed E-state index contributed by atoms with van der Waals surface area (Å²) in [6.45, 7) is 4.04. The molecule has 1 aromatic rings. The van der Waals surface area contributed by atoms with E-state index in [2.05, 4.69) is 17.2 Å². The van der Waals surface area contributed by atoms with Crippen LogP contribution in [0.3, 0.4) is 0 Å². The lowest BCUT2D eigenvalue weighted by Crippen LogP contribution is -2.41. The summed E-state index contributed by atoms with van der Waals surface area (Å²) in [7, 11) is 0. The summed E-state index contributed by atoms with van der Waals surface area (Å²) >= 11 is 5.87. The molecule has 1 amide bonds. The van der Waals surface area contributed by atoms with Crippen LogP contribution in [0.15, 0.2) is 12.1 Å². The number of nitrogens with zero attached hydrogens (tertiary/aromatic N) is 1. The van der Waals surface area contributed by atoms with Gasteiger partial charge in [0.05, 0.1) is 0 Å². The summed E-state index contributed by atoms with van der Waals surface area (Å²) in [4.78, 5) is 16.2. The predicted octanol–water partition coefficient (Wildman–Crippen LogP) is 3.35. The summed E-state index contributed by atoms with van der Waals surface area (Å²) in [5.74, 6) is 0.516. The third-order valence-electron chi connectivity index (χ3n) is 3.61. The second kappa shape index (κ2) is 5.70. The molecule has 1 aliphatic rings. The van der Waals surface area contributed by atoms with Crippen molar-refractivity contribution in [3.05, 3.63) is 28.5 Å². The molecule has 2 unspecified atom stereocenters. The van der Waals surface area contributed by atoms with Gasteiger partial charge in [0.2, 0.25) is 0 Å². The van der Waals surface area contributed by atoms with Gasteiger partial charge >= 0.3 is 0 Å². The van der Waals surface area contributed by atoms with Crippen LogP contribution in [-0.4, -0.2) is 16.9 Å². The summed E-state index contributed by atoms with van der Waals surface area (Å²) in [5.41, 5.74) is 1.37. The Kier molecular flexibility index (Phi) is 4.23. The molecule has 1 heterocycles. The first-order valence-corrected chi connectivity index (χ1v) is 6.89. The molecule has 1 aromatic heterocycles. The van der Waals surface area contributed by atoms with Gasteiger partial charge in [-0.05, 0) is 37.8 Å². The highest BCUT2D eigenvalue weighted by Crippen LogP contribution is 2.24. The van der Waals surface area contributed by atoms with Gasteiger partial charge in [-0.3, -0.25) is 4.79 Å². The van der Waals surface area contributed by atoms with Gasteiger partial charge in [0, 0.05) is 17.3 Å². The van der Waals surface area contributed by atoms with Gasteiger partial charge in [-0.25, -0.2) is 4.98 Å². The fourth-order valence-corrected chi connectivity index (χ4v) is 2.79. The molecule has 2 atom stereocenters. The van der Waals surface area contributed by atoms with Crippen molar-refractivity contribution < 1.29 is 4.79 Å². The standard InChI is InChI=1S/C14H19ClN2O/c1-9-5-3-4-6-12(9)17-14(18)11-7-10(2)16-13(15)8-11/h7-9,12H,3-6H2,1-2H3,(H,17,18). The van der Waals surface area contributed by atoms with Gasteiger partial charge < -0.3 is 5.32 Å². The first-order chi connectivity index (χ1) is 8.56. The topological polar surface area (TPSA) is 42.0 Å². The summed E-state index contributed by atoms with van der Waals surface area (Å²) in [6.07, 6.45) is 4.74. The van der Waals surface area contributed by atoms with Crippen molar-refractivity contribution in [3.8, 4) is 0 Å². The molecule has 1 fully saturated rings. The molecule has 0 aromatic carbocycles. The van der Waals surface area contributed by atoms with E-state index in [0.717, 1.165) is 12.1 Å². The maximum absolute atomic E-state index is 12.2. The highest BCUT2D eigenvalue weighted by atomic mass is 35.5. The van der Waals surface area contributed by atoms with Crippen molar-refractivity contribution in [2.45, 2.75) is 45.6 Å². The van der Waals surface area contributed by atoms with Gasteiger partial charge in [0.1, 0.15) is 5.15 Å². The van der Waals surface area contributed by atoms with Gasteiger partial charge in [0.15, 0.2) is 0 Å². The lowest BCUT2D eigenvalue weighted by molar-refractivity contribution is 0.0910. The van der Waals surface area contributed by atoms with E-state index in [9.17, 15) is 4.79 Å². The van der Waals surface area contributed by atoms with Gasteiger partial charge in [-0.15, -0.1) is 0 Å². The van der Waals surface area contributed by atoms with E-state index in [0.29, 0.717) is 22.7 Å². The van der Waals surface area contributed by atoms with Crippen molar-refractivity contribution in [2.24, 2.45) is 5.92 Å². The zero-order chi connectivity index (χ0) is 13.1. The molecule has 0 saturated heterocycles. The molecule has 98 valence electrons. The zero-order valence-electron chi connectivity index (χ0n) is 10.9. The molecule has 0 bridgehead atoms. The van der Waals surface area contributed by atoms with Crippen LogP contribution in [0.2, 0.25) is 5.15 Å². The zero-order valence-corrected chi connectivity index (χ0v) is 11.6. The van der Waals surface area contributed by atoms with Crippen LogP contribution in [0.4, 0.5) is 0 Å². The van der Waals surface area contributed by atoms with Crippen LogP contribution in [0.1, 0.15) is 48.7 Å². The quantitative estimate of drug-likeness (QED) is 0.834. The van der Waals surface area contributed by atoms with Gasteiger partial charge in [-0.1, -0.05) is 31.4 Å². The van der Waals surface area contributed by atoms with Gasteiger partial charge in [0.25, 0.3) is 5.91 Å². The Morgan fingerprint density at radius 3 is 2.78 bits per heavy atom. The predicted molar refractivity (Wildman–Crippen MR) is 72.9 cm³/mol. The van der Waals surface area contributed by atoms with Crippen LogP contribution < -0.4 is 5.32 Å². The SMILES string of the molecule is Cc1cc(C(=O)NC2CCCCC2C)cc(Cl)n1. The average molecular weight is 267 g/mol. The van der Waals surface area contributed by atoms with Crippen molar-refractivity contribution in [3.63, 3.8) is 0 Å². The summed E-state index contributed by atoms with van der Waals surface area (Å²) < 4.78 is 0. The average Bonchev–Trinajstić information content (AvgIpc) is 2.31. The van der Waals surface area contributed by atoms with E-state index in [4.69, 9.17) is 11.6 Å². The molecule has 0 aliphatic heterocycles. The molecule has 3 nitrogen and oxygen atoms in total. The van der Waals surface area contributed by atoms with E-state index in [-0.39, 0.29) is 5.91 Å². The second-order valence-electron chi connectivity index (χ2n) is 5.16. The Morgan fingerprint density at radius 1 is 1.39 bits per heavy atom. The highest BCUT2D eigenvalue weighted by Gasteiger charge is 2.23. The smallest absolute Gasteiger partial charge is 0.251 e. The number of aryl methyl sites for hydroxylation is 1. The van der Waals surface area contributed by atoms with E-state index in [1.54, 1.807) is 12.1 Å². The Balaban J connectivity index is 2.06. The number of hydrogen-bond donors (Lipinski definition) is 1. The van der Waals surface area contributed by atoms with Crippen LogP contribution >= 0.6 is 11.6 Å². The Bertz CT molecular complexity index is 427. The van der Waals surface area contributed by atoms with E-state index >= 15 is 0 Å². The molecule has 1 N–H and O–H groups in total. The maximum Gasteiger partial charge on any atom is 0.251 e. The first kappa shape index (κ1) is 13.3. The lowest BCUT2D eigenvalue weighted by Gasteiger charge is -2.29. The van der Waals surface area contributed by atoms with E-state index in [1.165, 1.54) is 19.3 Å². The highest BCUT2D eigenvalue weighted by molar-refractivity contribution is 6.29. The number of rotatable bonds is 2. The number of amides is 1. The normalized spacial score (nSPS) is 23.7. The molecule has 1 saturated carbocycles. The molecule has 0 radical (unpaired) electrons. The van der Waals surface area contributed by atoms with Crippen molar-refractivity contribution in [2.75, 3.05) is 0 Å². The summed E-state index contributed by atoms with van der Waals surface area (Å²) in [6, 6.07) is 3.69. The molecule has 1 aliphatic carbocycles.